The van der Waals surface area contributed by atoms with Gasteiger partial charge in [0.15, 0.2) is 5.13 Å². The summed E-state index contributed by atoms with van der Waals surface area (Å²) >= 11 is 6.81. The monoisotopic (exact) mass is 425 g/mol. The van der Waals surface area contributed by atoms with Crippen molar-refractivity contribution in [1.82, 2.24) is 4.98 Å². The van der Waals surface area contributed by atoms with Crippen molar-refractivity contribution in [3.05, 3.63) is 70.4 Å². The Morgan fingerprint density at radius 1 is 1.19 bits per heavy atom. The Bertz CT molecular complexity index is 1070. The Labute approximate surface area is 164 Å². The van der Waals surface area contributed by atoms with E-state index in [1.165, 1.54) is 42.5 Å². The molecule has 6 nitrogen and oxygen atoms in total. The Hall–Kier alpha value is -2.49. The molecule has 0 aliphatic heterocycles. The molecule has 0 saturated carbocycles. The van der Waals surface area contributed by atoms with Gasteiger partial charge in [0.05, 0.1) is 17.0 Å². The van der Waals surface area contributed by atoms with Crippen LogP contribution in [0.3, 0.4) is 0 Å². The SMILES string of the molecule is O=C(Cc1csc(NS(=O)(=O)c2ccc(Cl)cc2)n1)Nc1cccc(F)c1. The lowest BCUT2D eigenvalue weighted by molar-refractivity contribution is -0.115. The number of anilines is 2. The van der Waals surface area contributed by atoms with Crippen molar-refractivity contribution in [2.24, 2.45) is 0 Å². The molecule has 3 rings (SSSR count). The van der Waals surface area contributed by atoms with Crippen LogP contribution in [0.2, 0.25) is 5.02 Å². The summed E-state index contributed by atoms with van der Waals surface area (Å²) in [6.07, 6.45) is -0.0737. The summed E-state index contributed by atoms with van der Waals surface area (Å²) < 4.78 is 40.1. The first-order valence-corrected chi connectivity index (χ1v) is 10.3. The fourth-order valence-electron chi connectivity index (χ4n) is 2.16. The second kappa shape index (κ2) is 8.03. The maximum Gasteiger partial charge on any atom is 0.263 e. The van der Waals surface area contributed by atoms with Crippen molar-refractivity contribution in [2.75, 3.05) is 10.0 Å². The van der Waals surface area contributed by atoms with Crippen LogP contribution in [0.4, 0.5) is 15.2 Å². The summed E-state index contributed by atoms with van der Waals surface area (Å²) in [6.45, 7) is 0. The number of carbonyl (C=O) groups is 1. The van der Waals surface area contributed by atoms with Crippen LogP contribution in [0, 0.1) is 5.82 Å². The minimum absolute atomic E-state index is 0.0486. The summed E-state index contributed by atoms with van der Waals surface area (Å²) in [7, 11) is -3.80. The van der Waals surface area contributed by atoms with Crippen molar-refractivity contribution in [3.8, 4) is 0 Å². The molecular formula is C17H13ClFN3O3S2. The van der Waals surface area contributed by atoms with E-state index in [0.717, 1.165) is 11.3 Å². The van der Waals surface area contributed by atoms with Gasteiger partial charge in [-0.2, -0.15) is 0 Å². The maximum atomic E-state index is 13.1. The molecule has 1 aromatic heterocycles. The highest BCUT2D eigenvalue weighted by molar-refractivity contribution is 7.93. The highest BCUT2D eigenvalue weighted by atomic mass is 35.5. The first-order chi connectivity index (χ1) is 12.8. The van der Waals surface area contributed by atoms with Gasteiger partial charge < -0.3 is 5.32 Å². The molecule has 0 spiro atoms. The largest absolute Gasteiger partial charge is 0.326 e. The van der Waals surface area contributed by atoms with Gasteiger partial charge in [-0.1, -0.05) is 17.7 Å². The van der Waals surface area contributed by atoms with Crippen LogP contribution in [0.5, 0.6) is 0 Å². The number of hydrogen-bond acceptors (Lipinski definition) is 5. The van der Waals surface area contributed by atoms with E-state index in [4.69, 9.17) is 11.6 Å². The summed E-state index contributed by atoms with van der Waals surface area (Å²) in [5.41, 5.74) is 0.724. The third kappa shape index (κ3) is 5.25. The third-order valence-corrected chi connectivity index (χ3v) is 5.89. The van der Waals surface area contributed by atoms with Gasteiger partial charge in [-0.3, -0.25) is 9.52 Å². The number of nitrogens with zero attached hydrogens (tertiary/aromatic N) is 1. The number of carbonyl (C=O) groups excluding carboxylic acids is 1. The zero-order valence-corrected chi connectivity index (χ0v) is 16.0. The summed E-state index contributed by atoms with van der Waals surface area (Å²) in [4.78, 5) is 16.2. The van der Waals surface area contributed by atoms with E-state index in [-0.39, 0.29) is 16.4 Å². The predicted octanol–water partition coefficient (Wildman–Crippen LogP) is 3.92. The third-order valence-electron chi connectivity index (χ3n) is 3.35. The topological polar surface area (TPSA) is 88.2 Å². The predicted molar refractivity (Wildman–Crippen MR) is 103 cm³/mol. The van der Waals surface area contributed by atoms with Gasteiger partial charge >= 0.3 is 0 Å². The van der Waals surface area contributed by atoms with Gasteiger partial charge in [0, 0.05) is 16.1 Å². The average Bonchev–Trinajstić information content (AvgIpc) is 3.01. The number of halogens is 2. The van der Waals surface area contributed by atoms with Crippen molar-refractivity contribution < 1.29 is 17.6 Å². The van der Waals surface area contributed by atoms with Gasteiger partial charge in [-0.05, 0) is 42.5 Å². The molecule has 10 heteroatoms. The standard InChI is InChI=1S/C17H13ClFN3O3S2/c18-11-4-6-15(7-5-11)27(24,25)22-17-21-14(10-26-17)9-16(23)20-13-3-1-2-12(19)8-13/h1-8,10H,9H2,(H,20,23)(H,21,22). The normalized spacial score (nSPS) is 11.2. The fourth-order valence-corrected chi connectivity index (χ4v) is 4.25. The molecule has 0 saturated heterocycles. The number of nitrogens with one attached hydrogen (secondary N) is 2. The van der Waals surface area contributed by atoms with Crippen LogP contribution < -0.4 is 10.0 Å². The number of amides is 1. The second-order valence-electron chi connectivity index (χ2n) is 5.44. The average molecular weight is 426 g/mol. The maximum absolute atomic E-state index is 13.1. The van der Waals surface area contributed by atoms with Crippen LogP contribution >= 0.6 is 22.9 Å². The molecule has 0 radical (unpaired) electrons. The molecule has 27 heavy (non-hydrogen) atoms. The van der Waals surface area contributed by atoms with Crippen LogP contribution in [0.15, 0.2) is 58.8 Å². The number of sulfonamides is 1. The van der Waals surface area contributed by atoms with E-state index >= 15 is 0 Å². The Morgan fingerprint density at radius 2 is 1.93 bits per heavy atom. The summed E-state index contributed by atoms with van der Waals surface area (Å²) in [5, 5.41) is 4.69. The van der Waals surface area contributed by atoms with Gasteiger partial charge in [-0.25, -0.2) is 17.8 Å². The quantitative estimate of drug-likeness (QED) is 0.626. The van der Waals surface area contributed by atoms with Gasteiger partial charge in [0.2, 0.25) is 5.91 Å². The van der Waals surface area contributed by atoms with Crippen molar-refractivity contribution in [1.29, 1.82) is 0 Å². The van der Waals surface area contributed by atoms with Gasteiger partial charge in [0.25, 0.3) is 10.0 Å². The van der Waals surface area contributed by atoms with E-state index < -0.39 is 21.7 Å². The minimum atomic E-state index is -3.80. The molecule has 0 unspecified atom stereocenters. The minimum Gasteiger partial charge on any atom is -0.326 e. The highest BCUT2D eigenvalue weighted by Gasteiger charge is 2.17. The van der Waals surface area contributed by atoms with E-state index in [9.17, 15) is 17.6 Å². The first-order valence-electron chi connectivity index (χ1n) is 7.60. The molecular weight excluding hydrogens is 413 g/mol. The molecule has 2 N–H and O–H groups in total. The molecule has 2 aromatic carbocycles. The van der Waals surface area contributed by atoms with E-state index in [0.29, 0.717) is 16.4 Å². The van der Waals surface area contributed by atoms with Crippen LogP contribution in [0.1, 0.15) is 5.69 Å². The van der Waals surface area contributed by atoms with Gasteiger partial charge in [-0.15, -0.1) is 11.3 Å². The number of thiazole rings is 1. The van der Waals surface area contributed by atoms with Gasteiger partial charge in [0.1, 0.15) is 5.82 Å². The zero-order valence-electron chi connectivity index (χ0n) is 13.6. The van der Waals surface area contributed by atoms with Crippen molar-refractivity contribution >= 4 is 49.7 Å². The number of rotatable bonds is 6. The first kappa shape index (κ1) is 19.3. The summed E-state index contributed by atoms with van der Waals surface area (Å²) in [5.74, 6) is -0.849. The molecule has 0 atom stereocenters. The molecule has 3 aromatic rings. The molecule has 0 aliphatic rings. The second-order valence-corrected chi connectivity index (χ2v) is 8.42. The van der Waals surface area contributed by atoms with Crippen LogP contribution in [-0.2, 0) is 21.2 Å². The van der Waals surface area contributed by atoms with Crippen molar-refractivity contribution in [2.45, 2.75) is 11.3 Å². The smallest absolute Gasteiger partial charge is 0.263 e. The fraction of sp³-hybridized carbons (Fsp3) is 0.0588. The Balaban J connectivity index is 1.64. The van der Waals surface area contributed by atoms with E-state index in [1.807, 2.05) is 0 Å². The van der Waals surface area contributed by atoms with Crippen LogP contribution in [-0.4, -0.2) is 19.3 Å². The highest BCUT2D eigenvalue weighted by Crippen LogP contribution is 2.22. The lowest BCUT2D eigenvalue weighted by Gasteiger charge is -2.05. The molecule has 140 valence electrons. The number of hydrogen-bond donors (Lipinski definition) is 2. The molecule has 0 bridgehead atoms. The molecule has 0 aliphatic carbocycles. The molecule has 1 heterocycles. The Morgan fingerprint density at radius 3 is 2.63 bits per heavy atom. The summed E-state index contributed by atoms with van der Waals surface area (Å²) in [6, 6.07) is 11.2. The van der Waals surface area contributed by atoms with Crippen molar-refractivity contribution in [3.63, 3.8) is 0 Å². The van der Waals surface area contributed by atoms with E-state index in [1.54, 1.807) is 11.4 Å². The molecule has 1 amide bonds. The number of benzene rings is 2. The lowest BCUT2D eigenvalue weighted by atomic mass is 10.3. The lowest BCUT2D eigenvalue weighted by Crippen LogP contribution is -2.15. The number of aromatic nitrogens is 1. The van der Waals surface area contributed by atoms with E-state index in [2.05, 4.69) is 15.0 Å². The zero-order chi connectivity index (χ0) is 19.4. The van der Waals surface area contributed by atoms with Crippen LogP contribution in [0.25, 0.3) is 0 Å². The Kier molecular flexibility index (Phi) is 5.73. The molecule has 0 fully saturated rings.